The predicted molar refractivity (Wildman–Crippen MR) is 69.6 cm³/mol. The maximum atomic E-state index is 3.78. The minimum atomic E-state index is 0.612. The van der Waals surface area contributed by atoms with Crippen molar-refractivity contribution in [3.63, 3.8) is 0 Å². The summed E-state index contributed by atoms with van der Waals surface area (Å²) in [6.45, 7) is 4.07. The average molecular weight is 274 g/mol. The van der Waals surface area contributed by atoms with E-state index in [4.69, 9.17) is 0 Å². The van der Waals surface area contributed by atoms with E-state index in [2.05, 4.69) is 20.8 Å². The van der Waals surface area contributed by atoms with E-state index in [0.717, 1.165) is 0 Å². The van der Waals surface area contributed by atoms with Gasteiger partial charge in [-0.3, -0.25) is 0 Å². The zero-order valence-corrected chi connectivity index (χ0v) is 11.4. The number of hydrogen-bond donors (Lipinski definition) is 0. The molecule has 2 fully saturated rings. The van der Waals surface area contributed by atoms with Crippen LogP contribution in [0, 0.1) is 5.41 Å². The number of rotatable bonds is 3. The fraction of sp³-hybridized carbons (Fsp3) is 1.00. The van der Waals surface area contributed by atoms with E-state index < -0.39 is 0 Å². The number of halogens is 1. The first-order valence-corrected chi connectivity index (χ1v) is 7.75. The summed E-state index contributed by atoms with van der Waals surface area (Å²) in [6, 6.07) is 0. The fourth-order valence-corrected chi connectivity index (χ4v) is 3.97. The molecule has 1 nitrogen and oxygen atoms in total. The monoisotopic (exact) mass is 273 g/mol. The van der Waals surface area contributed by atoms with Crippen molar-refractivity contribution in [2.24, 2.45) is 5.41 Å². The largest absolute Gasteiger partial charge is 0.303 e. The van der Waals surface area contributed by atoms with Crippen molar-refractivity contribution in [1.29, 1.82) is 0 Å². The molecule has 88 valence electrons. The van der Waals surface area contributed by atoms with Gasteiger partial charge in [0.1, 0.15) is 0 Å². The van der Waals surface area contributed by atoms with Crippen molar-refractivity contribution < 1.29 is 0 Å². The summed E-state index contributed by atoms with van der Waals surface area (Å²) in [5.41, 5.74) is 0.612. The SMILES string of the molecule is BrCC1(CN2CCCC2)CCCCCC1. The van der Waals surface area contributed by atoms with Crippen LogP contribution in [0.15, 0.2) is 0 Å². The maximum absolute atomic E-state index is 3.78. The van der Waals surface area contributed by atoms with Gasteiger partial charge in [0, 0.05) is 11.9 Å². The Balaban J connectivity index is 1.92. The average Bonchev–Trinajstić information content (AvgIpc) is 2.64. The lowest BCUT2D eigenvalue weighted by Crippen LogP contribution is -2.37. The Labute approximate surface area is 103 Å². The smallest absolute Gasteiger partial charge is 0.0100 e. The summed E-state index contributed by atoms with van der Waals surface area (Å²) in [4.78, 5) is 2.70. The van der Waals surface area contributed by atoms with Crippen LogP contribution >= 0.6 is 15.9 Å². The van der Waals surface area contributed by atoms with Gasteiger partial charge in [-0.05, 0) is 44.2 Å². The lowest BCUT2D eigenvalue weighted by Gasteiger charge is -2.35. The zero-order chi connectivity index (χ0) is 10.6. The standard InChI is InChI=1S/C13H24BrN/c14-11-13(7-3-1-2-4-8-13)12-15-9-5-6-10-15/h1-12H2. The van der Waals surface area contributed by atoms with Crippen LogP contribution in [0.3, 0.4) is 0 Å². The molecule has 0 amide bonds. The van der Waals surface area contributed by atoms with Gasteiger partial charge >= 0.3 is 0 Å². The molecule has 1 aliphatic carbocycles. The highest BCUT2D eigenvalue weighted by molar-refractivity contribution is 9.09. The van der Waals surface area contributed by atoms with Crippen LogP contribution in [-0.2, 0) is 0 Å². The Morgan fingerprint density at radius 3 is 2.00 bits per heavy atom. The van der Waals surface area contributed by atoms with Gasteiger partial charge in [-0.25, -0.2) is 0 Å². The summed E-state index contributed by atoms with van der Waals surface area (Å²) in [7, 11) is 0. The van der Waals surface area contributed by atoms with Gasteiger partial charge in [0.15, 0.2) is 0 Å². The molecule has 0 atom stereocenters. The van der Waals surface area contributed by atoms with Crippen LogP contribution in [0.1, 0.15) is 51.4 Å². The third-order valence-corrected chi connectivity index (χ3v) is 5.39. The molecule has 2 heteroatoms. The minimum Gasteiger partial charge on any atom is -0.303 e. The van der Waals surface area contributed by atoms with E-state index >= 15 is 0 Å². The van der Waals surface area contributed by atoms with Crippen molar-refractivity contribution in [1.82, 2.24) is 4.90 Å². The van der Waals surface area contributed by atoms with E-state index in [9.17, 15) is 0 Å². The predicted octanol–water partition coefficient (Wildman–Crippen LogP) is 3.82. The molecule has 2 rings (SSSR count). The molecule has 0 radical (unpaired) electrons. The van der Waals surface area contributed by atoms with Crippen LogP contribution in [0.5, 0.6) is 0 Å². The van der Waals surface area contributed by atoms with Gasteiger partial charge < -0.3 is 4.90 Å². The van der Waals surface area contributed by atoms with Gasteiger partial charge in [0.25, 0.3) is 0 Å². The van der Waals surface area contributed by atoms with Crippen molar-refractivity contribution in [3.8, 4) is 0 Å². The van der Waals surface area contributed by atoms with Crippen LogP contribution in [0.4, 0.5) is 0 Å². The van der Waals surface area contributed by atoms with E-state index in [1.54, 1.807) is 0 Å². The molecule has 1 saturated carbocycles. The van der Waals surface area contributed by atoms with Crippen LogP contribution in [0.2, 0.25) is 0 Å². The number of nitrogens with zero attached hydrogens (tertiary/aromatic N) is 1. The first-order chi connectivity index (χ1) is 7.35. The van der Waals surface area contributed by atoms with Gasteiger partial charge in [-0.1, -0.05) is 41.6 Å². The van der Waals surface area contributed by atoms with Crippen LogP contribution in [0.25, 0.3) is 0 Å². The summed E-state index contributed by atoms with van der Waals surface area (Å²) < 4.78 is 0. The molecular formula is C13H24BrN. The fourth-order valence-electron chi connectivity index (χ4n) is 3.23. The molecular weight excluding hydrogens is 250 g/mol. The molecule has 0 bridgehead atoms. The third-order valence-electron chi connectivity index (χ3n) is 4.21. The van der Waals surface area contributed by atoms with E-state index in [1.807, 2.05) is 0 Å². The van der Waals surface area contributed by atoms with Crippen LogP contribution < -0.4 is 0 Å². The molecule has 0 aromatic rings. The second-order valence-electron chi connectivity index (χ2n) is 5.53. The molecule has 1 saturated heterocycles. The lowest BCUT2D eigenvalue weighted by atomic mass is 9.82. The first kappa shape index (κ1) is 11.9. The molecule has 0 unspecified atom stereocenters. The molecule has 0 aromatic heterocycles. The van der Waals surface area contributed by atoms with E-state index in [1.165, 1.54) is 76.3 Å². The Morgan fingerprint density at radius 2 is 1.47 bits per heavy atom. The summed E-state index contributed by atoms with van der Waals surface area (Å²) >= 11 is 3.78. The molecule has 0 aromatic carbocycles. The molecule has 0 spiro atoms. The highest BCUT2D eigenvalue weighted by Gasteiger charge is 2.32. The second-order valence-corrected chi connectivity index (χ2v) is 6.09. The van der Waals surface area contributed by atoms with Gasteiger partial charge in [0.2, 0.25) is 0 Å². The quantitative estimate of drug-likeness (QED) is 0.558. The topological polar surface area (TPSA) is 3.24 Å². The van der Waals surface area contributed by atoms with Gasteiger partial charge in [-0.15, -0.1) is 0 Å². The Kier molecular flexibility index (Phi) is 4.51. The van der Waals surface area contributed by atoms with E-state index in [0.29, 0.717) is 5.41 Å². The molecule has 0 N–H and O–H groups in total. The lowest BCUT2D eigenvalue weighted by molar-refractivity contribution is 0.175. The van der Waals surface area contributed by atoms with Crippen molar-refractivity contribution in [2.45, 2.75) is 51.4 Å². The Bertz CT molecular complexity index is 179. The van der Waals surface area contributed by atoms with Gasteiger partial charge in [0.05, 0.1) is 0 Å². The second kappa shape index (κ2) is 5.67. The zero-order valence-electron chi connectivity index (χ0n) is 9.81. The number of alkyl halides is 1. The van der Waals surface area contributed by atoms with Crippen molar-refractivity contribution >= 4 is 15.9 Å². The molecule has 15 heavy (non-hydrogen) atoms. The van der Waals surface area contributed by atoms with Crippen molar-refractivity contribution in [2.75, 3.05) is 25.0 Å². The summed E-state index contributed by atoms with van der Waals surface area (Å²) in [5, 5.41) is 1.22. The van der Waals surface area contributed by atoms with E-state index in [-0.39, 0.29) is 0 Å². The maximum Gasteiger partial charge on any atom is 0.0100 e. The van der Waals surface area contributed by atoms with Crippen molar-refractivity contribution in [3.05, 3.63) is 0 Å². The number of hydrogen-bond acceptors (Lipinski definition) is 1. The van der Waals surface area contributed by atoms with Gasteiger partial charge in [-0.2, -0.15) is 0 Å². The summed E-state index contributed by atoms with van der Waals surface area (Å²) in [5.74, 6) is 0. The normalized spacial score (nSPS) is 27.8. The minimum absolute atomic E-state index is 0.612. The first-order valence-electron chi connectivity index (χ1n) is 6.63. The number of likely N-dealkylation sites (tertiary alicyclic amines) is 1. The highest BCUT2D eigenvalue weighted by Crippen LogP contribution is 2.38. The third kappa shape index (κ3) is 3.20. The highest BCUT2D eigenvalue weighted by atomic mass is 79.9. The Hall–Kier alpha value is 0.440. The Morgan fingerprint density at radius 1 is 0.867 bits per heavy atom. The van der Waals surface area contributed by atoms with Crippen LogP contribution in [-0.4, -0.2) is 29.9 Å². The molecule has 1 aliphatic heterocycles. The molecule has 1 heterocycles. The molecule has 2 aliphatic rings. The summed E-state index contributed by atoms with van der Waals surface area (Å²) in [6.07, 6.45) is 11.6.